The molecule has 4 nitrogen and oxygen atoms in total. The molecule has 0 bridgehead atoms. The van der Waals surface area contributed by atoms with E-state index in [0.29, 0.717) is 0 Å². The van der Waals surface area contributed by atoms with Crippen LogP contribution < -0.4 is 10.6 Å². The zero-order valence-electron chi connectivity index (χ0n) is 10.9. The quantitative estimate of drug-likeness (QED) is 0.857. The molecule has 0 unspecified atom stereocenters. The maximum atomic E-state index is 4.61. The fourth-order valence-electron chi connectivity index (χ4n) is 2.95. The number of aromatic nitrogens is 2. The van der Waals surface area contributed by atoms with Crippen molar-refractivity contribution < 1.29 is 0 Å². The van der Waals surface area contributed by atoms with E-state index >= 15 is 0 Å². The smallest absolute Gasteiger partial charge is 0.222 e. The minimum atomic E-state index is 0.808. The first-order valence-corrected chi connectivity index (χ1v) is 7.21. The molecule has 18 heavy (non-hydrogen) atoms. The van der Waals surface area contributed by atoms with E-state index < -0.39 is 0 Å². The predicted octanol–water partition coefficient (Wildman–Crippen LogP) is 2.11. The van der Waals surface area contributed by atoms with Crippen LogP contribution in [0.5, 0.6) is 0 Å². The van der Waals surface area contributed by atoms with Gasteiger partial charge in [-0.15, -0.1) is 0 Å². The van der Waals surface area contributed by atoms with Gasteiger partial charge in [0, 0.05) is 19.3 Å². The molecule has 2 N–H and O–H groups in total. The van der Waals surface area contributed by atoms with Gasteiger partial charge < -0.3 is 10.6 Å². The Morgan fingerprint density at radius 1 is 1.28 bits per heavy atom. The largest absolute Gasteiger partial charge is 0.354 e. The highest BCUT2D eigenvalue weighted by atomic mass is 15.1. The molecular weight excluding hydrogens is 224 g/mol. The van der Waals surface area contributed by atoms with Crippen molar-refractivity contribution in [1.29, 1.82) is 0 Å². The van der Waals surface area contributed by atoms with Crippen molar-refractivity contribution >= 4 is 5.95 Å². The number of hydrogen-bond acceptors (Lipinski definition) is 4. The highest BCUT2D eigenvalue weighted by Crippen LogP contribution is 2.23. The summed E-state index contributed by atoms with van der Waals surface area (Å²) in [4.78, 5) is 9.04. The average molecular weight is 246 g/mol. The van der Waals surface area contributed by atoms with Crippen LogP contribution in [0.4, 0.5) is 5.95 Å². The van der Waals surface area contributed by atoms with Crippen LogP contribution in [0, 0.1) is 5.92 Å². The minimum Gasteiger partial charge on any atom is -0.354 e. The Labute approximate surface area is 109 Å². The van der Waals surface area contributed by atoms with Gasteiger partial charge in [-0.25, -0.2) is 9.97 Å². The van der Waals surface area contributed by atoms with Crippen molar-refractivity contribution in [2.24, 2.45) is 5.92 Å². The lowest BCUT2D eigenvalue weighted by Gasteiger charge is -2.22. The molecule has 1 aliphatic heterocycles. The predicted molar refractivity (Wildman–Crippen MR) is 72.5 cm³/mol. The van der Waals surface area contributed by atoms with Gasteiger partial charge in [0.2, 0.25) is 5.95 Å². The molecule has 3 rings (SSSR count). The van der Waals surface area contributed by atoms with Crippen molar-refractivity contribution in [3.63, 3.8) is 0 Å². The van der Waals surface area contributed by atoms with E-state index in [1.54, 1.807) is 0 Å². The molecule has 1 saturated carbocycles. The topological polar surface area (TPSA) is 49.8 Å². The van der Waals surface area contributed by atoms with Crippen molar-refractivity contribution in [2.45, 2.75) is 45.1 Å². The molecule has 4 heteroatoms. The SMILES string of the molecule is c1nc(NCC2CCCCC2)nc2c1CCNC2. The van der Waals surface area contributed by atoms with Crippen molar-refractivity contribution in [3.05, 3.63) is 17.5 Å². The summed E-state index contributed by atoms with van der Waals surface area (Å²) in [5.41, 5.74) is 2.47. The van der Waals surface area contributed by atoms with E-state index in [4.69, 9.17) is 0 Å². The molecule has 1 aromatic rings. The van der Waals surface area contributed by atoms with Gasteiger partial charge in [0.15, 0.2) is 0 Å². The van der Waals surface area contributed by atoms with Gasteiger partial charge in [-0.1, -0.05) is 19.3 Å². The van der Waals surface area contributed by atoms with E-state index in [9.17, 15) is 0 Å². The summed E-state index contributed by atoms with van der Waals surface area (Å²) in [6.07, 6.45) is 9.96. The first-order valence-electron chi connectivity index (χ1n) is 7.21. The molecule has 0 saturated heterocycles. The Hall–Kier alpha value is -1.16. The van der Waals surface area contributed by atoms with Crippen LogP contribution in [0.3, 0.4) is 0 Å². The lowest BCUT2D eigenvalue weighted by molar-refractivity contribution is 0.373. The van der Waals surface area contributed by atoms with Gasteiger partial charge in [0.25, 0.3) is 0 Å². The second kappa shape index (κ2) is 5.65. The summed E-state index contributed by atoms with van der Waals surface area (Å²) in [7, 11) is 0. The molecule has 1 aliphatic carbocycles. The van der Waals surface area contributed by atoms with E-state index in [1.165, 1.54) is 43.4 Å². The fraction of sp³-hybridized carbons (Fsp3) is 0.714. The highest BCUT2D eigenvalue weighted by Gasteiger charge is 2.15. The van der Waals surface area contributed by atoms with Crippen LogP contribution in [0.15, 0.2) is 6.20 Å². The van der Waals surface area contributed by atoms with Crippen molar-refractivity contribution in [2.75, 3.05) is 18.4 Å². The summed E-state index contributed by atoms with van der Waals surface area (Å²) < 4.78 is 0. The zero-order valence-corrected chi connectivity index (χ0v) is 10.9. The molecular formula is C14H22N4. The Morgan fingerprint density at radius 3 is 3.06 bits per heavy atom. The molecule has 1 fully saturated rings. The molecule has 0 amide bonds. The fourth-order valence-corrected chi connectivity index (χ4v) is 2.95. The molecule has 98 valence electrons. The summed E-state index contributed by atoms with van der Waals surface area (Å²) in [5.74, 6) is 1.62. The van der Waals surface area contributed by atoms with Gasteiger partial charge >= 0.3 is 0 Å². The Bertz CT molecular complexity index is 399. The zero-order chi connectivity index (χ0) is 12.2. The standard InChI is InChI=1S/C14H22N4/c1-2-4-11(5-3-1)8-16-14-17-9-12-6-7-15-10-13(12)18-14/h9,11,15H,1-8,10H2,(H,16,17,18). The maximum Gasteiger partial charge on any atom is 0.222 e. The number of hydrogen-bond donors (Lipinski definition) is 2. The normalized spacial score (nSPS) is 20.4. The molecule has 2 aliphatic rings. The van der Waals surface area contributed by atoms with Gasteiger partial charge in [-0.3, -0.25) is 0 Å². The summed E-state index contributed by atoms with van der Waals surface area (Å²) in [6, 6.07) is 0. The van der Waals surface area contributed by atoms with Gasteiger partial charge in [-0.05, 0) is 37.3 Å². The van der Waals surface area contributed by atoms with E-state index in [2.05, 4.69) is 20.6 Å². The minimum absolute atomic E-state index is 0.808. The second-order valence-electron chi connectivity index (χ2n) is 5.48. The van der Waals surface area contributed by atoms with Crippen LogP contribution in [0.1, 0.15) is 43.4 Å². The van der Waals surface area contributed by atoms with Crippen LogP contribution in [-0.2, 0) is 13.0 Å². The third-order valence-corrected chi connectivity index (χ3v) is 4.09. The van der Waals surface area contributed by atoms with Crippen LogP contribution in [0.2, 0.25) is 0 Å². The molecule has 0 atom stereocenters. The summed E-state index contributed by atoms with van der Waals surface area (Å²) >= 11 is 0. The number of fused-ring (bicyclic) bond motifs is 1. The Morgan fingerprint density at radius 2 is 2.17 bits per heavy atom. The number of anilines is 1. The first kappa shape index (κ1) is 11.9. The average Bonchev–Trinajstić information content (AvgIpc) is 2.46. The third kappa shape index (κ3) is 2.80. The molecule has 0 radical (unpaired) electrons. The molecule has 1 aromatic heterocycles. The van der Waals surface area contributed by atoms with Gasteiger partial charge in [0.1, 0.15) is 0 Å². The number of rotatable bonds is 3. The maximum absolute atomic E-state index is 4.61. The number of nitrogens with one attached hydrogen (secondary N) is 2. The first-order chi connectivity index (χ1) is 8.92. The van der Waals surface area contributed by atoms with E-state index in [-0.39, 0.29) is 0 Å². The summed E-state index contributed by atoms with van der Waals surface area (Å²) in [5, 5.41) is 6.77. The third-order valence-electron chi connectivity index (χ3n) is 4.09. The van der Waals surface area contributed by atoms with Gasteiger partial charge in [0.05, 0.1) is 5.69 Å². The Kier molecular flexibility index (Phi) is 3.74. The lowest BCUT2D eigenvalue weighted by atomic mass is 9.89. The Balaban J connectivity index is 1.58. The monoisotopic (exact) mass is 246 g/mol. The van der Waals surface area contributed by atoms with E-state index in [0.717, 1.165) is 37.9 Å². The van der Waals surface area contributed by atoms with Crippen molar-refractivity contribution in [1.82, 2.24) is 15.3 Å². The second-order valence-corrected chi connectivity index (χ2v) is 5.48. The van der Waals surface area contributed by atoms with Crippen LogP contribution in [-0.4, -0.2) is 23.1 Å². The van der Waals surface area contributed by atoms with Gasteiger partial charge in [-0.2, -0.15) is 0 Å². The van der Waals surface area contributed by atoms with Crippen molar-refractivity contribution in [3.8, 4) is 0 Å². The molecule has 2 heterocycles. The molecule has 0 aromatic carbocycles. The van der Waals surface area contributed by atoms with Crippen LogP contribution in [0.25, 0.3) is 0 Å². The van der Waals surface area contributed by atoms with Crippen LogP contribution >= 0.6 is 0 Å². The summed E-state index contributed by atoms with van der Waals surface area (Å²) in [6.45, 7) is 2.97. The lowest BCUT2D eigenvalue weighted by Crippen LogP contribution is -2.26. The highest BCUT2D eigenvalue weighted by molar-refractivity contribution is 5.30. The number of nitrogens with zero attached hydrogens (tertiary/aromatic N) is 2. The molecule has 0 spiro atoms. The van der Waals surface area contributed by atoms with E-state index in [1.807, 2.05) is 6.20 Å².